The molecule has 0 atom stereocenters. The van der Waals surface area contributed by atoms with Gasteiger partial charge >= 0.3 is 0 Å². The number of hydrogen-bond donors (Lipinski definition) is 1. The zero-order valence-electron chi connectivity index (χ0n) is 11.4. The molecular weight excluding hydrogens is 244 g/mol. The summed E-state index contributed by atoms with van der Waals surface area (Å²) in [4.78, 5) is 0. The van der Waals surface area contributed by atoms with Gasteiger partial charge in [-0.25, -0.2) is 4.68 Å². The Kier molecular flexibility index (Phi) is 5.05. The van der Waals surface area contributed by atoms with Crippen molar-refractivity contribution in [1.82, 2.24) is 30.1 Å². The molecule has 0 fully saturated rings. The van der Waals surface area contributed by atoms with Gasteiger partial charge < -0.3 is 10.1 Å². The molecule has 0 aromatic carbocycles. The van der Waals surface area contributed by atoms with Gasteiger partial charge in [-0.15, -0.1) is 5.10 Å². The van der Waals surface area contributed by atoms with E-state index in [-0.39, 0.29) is 0 Å². The lowest BCUT2D eigenvalue weighted by Crippen LogP contribution is -2.18. The molecule has 19 heavy (non-hydrogen) atoms. The third-order valence-electron chi connectivity index (χ3n) is 2.73. The molecule has 104 valence electrons. The molecular formula is C12H20N6O. The summed E-state index contributed by atoms with van der Waals surface area (Å²) in [5.41, 5.74) is 2.06. The Morgan fingerprint density at radius 3 is 2.95 bits per heavy atom. The molecule has 7 heteroatoms. The van der Waals surface area contributed by atoms with Gasteiger partial charge in [0.25, 0.3) is 0 Å². The van der Waals surface area contributed by atoms with E-state index in [1.165, 1.54) is 0 Å². The van der Waals surface area contributed by atoms with Crippen LogP contribution in [0.15, 0.2) is 18.6 Å². The molecule has 7 nitrogen and oxygen atoms in total. The van der Waals surface area contributed by atoms with Crippen molar-refractivity contribution < 1.29 is 4.74 Å². The van der Waals surface area contributed by atoms with Crippen LogP contribution in [0.3, 0.4) is 0 Å². The van der Waals surface area contributed by atoms with Gasteiger partial charge in [-0.2, -0.15) is 5.10 Å². The number of aromatic nitrogens is 5. The molecule has 0 saturated carbocycles. The van der Waals surface area contributed by atoms with Crippen LogP contribution >= 0.6 is 0 Å². The number of nitrogens with zero attached hydrogens (tertiary/aromatic N) is 5. The Bertz CT molecular complexity index is 492. The van der Waals surface area contributed by atoms with Crippen LogP contribution in [-0.2, 0) is 24.4 Å². The normalized spacial score (nSPS) is 11.1. The second-order valence-corrected chi connectivity index (χ2v) is 4.28. The van der Waals surface area contributed by atoms with Gasteiger partial charge in [0.05, 0.1) is 31.2 Å². The molecule has 0 aliphatic carbocycles. The first-order valence-corrected chi connectivity index (χ1v) is 6.41. The summed E-state index contributed by atoms with van der Waals surface area (Å²) in [6.45, 7) is 5.86. The maximum Gasteiger partial charge on any atom is 0.0964 e. The van der Waals surface area contributed by atoms with E-state index in [0.29, 0.717) is 19.7 Å². The van der Waals surface area contributed by atoms with Crippen molar-refractivity contribution in [2.75, 3.05) is 20.3 Å². The highest BCUT2D eigenvalue weighted by atomic mass is 16.5. The lowest BCUT2D eigenvalue weighted by molar-refractivity contribution is 0.199. The highest BCUT2D eigenvalue weighted by Gasteiger charge is 2.03. The second-order valence-electron chi connectivity index (χ2n) is 4.28. The van der Waals surface area contributed by atoms with Crippen LogP contribution in [-0.4, -0.2) is 45.0 Å². The SMILES string of the molecule is CCn1cc(Cn2cc(CNCCOC)nn2)cn1. The molecule has 0 spiro atoms. The average Bonchev–Trinajstić information content (AvgIpc) is 3.05. The van der Waals surface area contributed by atoms with Crippen LogP contribution in [0.5, 0.6) is 0 Å². The molecule has 0 aliphatic heterocycles. The van der Waals surface area contributed by atoms with Crippen molar-refractivity contribution in [2.24, 2.45) is 0 Å². The number of rotatable bonds is 8. The molecule has 0 saturated heterocycles. The van der Waals surface area contributed by atoms with E-state index < -0.39 is 0 Å². The van der Waals surface area contributed by atoms with Gasteiger partial charge in [0.15, 0.2) is 0 Å². The highest BCUT2D eigenvalue weighted by Crippen LogP contribution is 2.01. The maximum atomic E-state index is 4.96. The largest absolute Gasteiger partial charge is 0.383 e. The van der Waals surface area contributed by atoms with E-state index in [9.17, 15) is 0 Å². The van der Waals surface area contributed by atoms with E-state index in [1.807, 2.05) is 28.0 Å². The fourth-order valence-electron chi connectivity index (χ4n) is 1.74. The Morgan fingerprint density at radius 2 is 2.21 bits per heavy atom. The number of aryl methyl sites for hydroxylation is 1. The van der Waals surface area contributed by atoms with E-state index in [4.69, 9.17) is 4.74 Å². The van der Waals surface area contributed by atoms with E-state index in [2.05, 4.69) is 27.7 Å². The predicted molar refractivity (Wildman–Crippen MR) is 70.6 cm³/mol. The van der Waals surface area contributed by atoms with E-state index in [1.54, 1.807) is 7.11 Å². The van der Waals surface area contributed by atoms with Gasteiger partial charge in [0.2, 0.25) is 0 Å². The molecule has 2 heterocycles. The topological polar surface area (TPSA) is 69.8 Å². The summed E-state index contributed by atoms with van der Waals surface area (Å²) in [7, 11) is 1.69. The van der Waals surface area contributed by atoms with Crippen molar-refractivity contribution in [3.8, 4) is 0 Å². The number of ether oxygens (including phenoxy) is 1. The van der Waals surface area contributed by atoms with Crippen LogP contribution in [0.1, 0.15) is 18.2 Å². The first-order valence-electron chi connectivity index (χ1n) is 6.41. The van der Waals surface area contributed by atoms with Crippen LogP contribution in [0.2, 0.25) is 0 Å². The standard InChI is InChI=1S/C12H20N6O/c1-3-17-8-11(6-14-17)9-18-10-12(15-16-18)7-13-4-5-19-2/h6,8,10,13H,3-5,7,9H2,1-2H3. The first kappa shape index (κ1) is 13.7. The molecule has 2 rings (SSSR count). The fourth-order valence-corrected chi connectivity index (χ4v) is 1.74. The number of nitrogens with one attached hydrogen (secondary N) is 1. The fraction of sp³-hybridized carbons (Fsp3) is 0.583. The Labute approximate surface area is 112 Å². The zero-order chi connectivity index (χ0) is 13.5. The monoisotopic (exact) mass is 264 g/mol. The molecule has 0 radical (unpaired) electrons. The van der Waals surface area contributed by atoms with E-state index in [0.717, 1.165) is 24.3 Å². The van der Waals surface area contributed by atoms with E-state index >= 15 is 0 Å². The van der Waals surface area contributed by atoms with Gasteiger partial charge in [0.1, 0.15) is 0 Å². The minimum atomic E-state index is 0.699. The lowest BCUT2D eigenvalue weighted by Gasteiger charge is -1.99. The van der Waals surface area contributed by atoms with Crippen LogP contribution in [0.25, 0.3) is 0 Å². The number of hydrogen-bond acceptors (Lipinski definition) is 5. The molecule has 2 aromatic rings. The summed E-state index contributed by atoms with van der Waals surface area (Å²) < 4.78 is 8.69. The molecule has 1 N–H and O–H groups in total. The zero-order valence-corrected chi connectivity index (χ0v) is 11.4. The highest BCUT2D eigenvalue weighted by molar-refractivity contribution is 5.05. The van der Waals surface area contributed by atoms with Crippen molar-refractivity contribution in [3.05, 3.63) is 29.8 Å². The van der Waals surface area contributed by atoms with Crippen molar-refractivity contribution in [1.29, 1.82) is 0 Å². The molecule has 0 amide bonds. The van der Waals surface area contributed by atoms with Crippen LogP contribution in [0, 0.1) is 0 Å². The maximum absolute atomic E-state index is 4.96. The molecule has 2 aromatic heterocycles. The number of methoxy groups -OCH3 is 1. The van der Waals surface area contributed by atoms with Crippen molar-refractivity contribution in [2.45, 2.75) is 26.6 Å². The van der Waals surface area contributed by atoms with Gasteiger partial charge in [-0.1, -0.05) is 5.21 Å². The van der Waals surface area contributed by atoms with Gasteiger partial charge in [0, 0.05) is 38.5 Å². The van der Waals surface area contributed by atoms with Crippen LogP contribution < -0.4 is 5.32 Å². The quantitative estimate of drug-likeness (QED) is 0.693. The Balaban J connectivity index is 1.83. The van der Waals surface area contributed by atoms with Gasteiger partial charge in [-0.3, -0.25) is 4.68 Å². The first-order chi connectivity index (χ1) is 9.31. The molecule has 0 bridgehead atoms. The lowest BCUT2D eigenvalue weighted by atomic mass is 10.3. The minimum absolute atomic E-state index is 0.699. The second kappa shape index (κ2) is 7.01. The Hall–Kier alpha value is -1.73. The summed E-state index contributed by atoms with van der Waals surface area (Å²) in [5.74, 6) is 0. The summed E-state index contributed by atoms with van der Waals surface area (Å²) >= 11 is 0. The summed E-state index contributed by atoms with van der Waals surface area (Å²) in [5, 5.41) is 15.7. The smallest absolute Gasteiger partial charge is 0.0964 e. The Morgan fingerprint density at radius 1 is 1.32 bits per heavy atom. The van der Waals surface area contributed by atoms with Crippen LogP contribution in [0.4, 0.5) is 0 Å². The van der Waals surface area contributed by atoms with Crippen molar-refractivity contribution in [3.63, 3.8) is 0 Å². The third kappa shape index (κ3) is 4.15. The average molecular weight is 264 g/mol. The summed E-state index contributed by atoms with van der Waals surface area (Å²) in [6.07, 6.45) is 5.84. The molecule has 0 unspecified atom stereocenters. The molecule has 0 aliphatic rings. The summed E-state index contributed by atoms with van der Waals surface area (Å²) in [6, 6.07) is 0. The minimum Gasteiger partial charge on any atom is -0.383 e. The predicted octanol–water partition coefficient (Wildman–Crippen LogP) is 0.279. The van der Waals surface area contributed by atoms with Crippen molar-refractivity contribution >= 4 is 0 Å². The van der Waals surface area contributed by atoms with Gasteiger partial charge in [-0.05, 0) is 6.92 Å². The third-order valence-corrected chi connectivity index (χ3v) is 2.73.